The Hall–Kier alpha value is -1.89. The molecule has 0 unspecified atom stereocenters. The molecule has 2 aliphatic rings. The average molecular weight is 279 g/mol. The van der Waals surface area contributed by atoms with Crippen LogP contribution < -0.4 is 11.1 Å². The molecule has 3 rings (SSSR count). The third-order valence-corrected chi connectivity index (χ3v) is 4.75. The first-order chi connectivity index (χ1) is 8.93. The summed E-state index contributed by atoms with van der Waals surface area (Å²) in [7, 11) is 0. The van der Waals surface area contributed by atoms with Crippen molar-refractivity contribution < 1.29 is 14.4 Å². The van der Waals surface area contributed by atoms with E-state index in [9.17, 15) is 14.4 Å². The molecule has 0 spiro atoms. The van der Waals surface area contributed by atoms with Crippen molar-refractivity contribution in [3.63, 3.8) is 0 Å². The Balaban J connectivity index is 1.94. The van der Waals surface area contributed by atoms with Gasteiger partial charge in [-0.3, -0.25) is 19.7 Å². The van der Waals surface area contributed by atoms with E-state index in [2.05, 4.69) is 5.32 Å². The Morgan fingerprint density at radius 2 is 2.16 bits per heavy atom. The number of amides is 3. The third kappa shape index (κ3) is 1.58. The van der Waals surface area contributed by atoms with Crippen molar-refractivity contribution in [2.45, 2.75) is 31.8 Å². The number of hydrogen-bond donors (Lipinski definition) is 2. The van der Waals surface area contributed by atoms with Crippen molar-refractivity contribution in [1.29, 1.82) is 0 Å². The second-order valence-electron chi connectivity index (χ2n) is 5.03. The largest absolute Gasteiger partial charge is 0.390 e. The summed E-state index contributed by atoms with van der Waals surface area (Å²) < 4.78 is 0. The minimum Gasteiger partial charge on any atom is -0.390 e. The summed E-state index contributed by atoms with van der Waals surface area (Å²) in [4.78, 5) is 37.2. The number of nitrogens with zero attached hydrogens (tertiary/aromatic N) is 1. The molecule has 1 aromatic rings. The van der Waals surface area contributed by atoms with Gasteiger partial charge in [0.2, 0.25) is 5.91 Å². The van der Waals surface area contributed by atoms with E-state index < -0.39 is 11.4 Å². The van der Waals surface area contributed by atoms with Crippen LogP contribution in [0.1, 0.15) is 35.7 Å². The van der Waals surface area contributed by atoms with Crippen LogP contribution in [0.15, 0.2) is 5.38 Å². The second-order valence-corrected chi connectivity index (χ2v) is 5.95. The number of thiophene rings is 1. The van der Waals surface area contributed by atoms with E-state index in [1.807, 2.05) is 0 Å². The minimum atomic E-state index is -0.978. The molecule has 0 radical (unpaired) electrons. The van der Waals surface area contributed by atoms with Crippen molar-refractivity contribution in [3.8, 4) is 0 Å². The molecular weight excluding hydrogens is 266 g/mol. The molecule has 3 amide bonds. The van der Waals surface area contributed by atoms with Crippen LogP contribution in [0.5, 0.6) is 0 Å². The highest BCUT2D eigenvalue weighted by Gasteiger charge is 2.49. The molecule has 0 bridgehead atoms. The lowest BCUT2D eigenvalue weighted by atomic mass is 9.89. The maximum atomic E-state index is 12.4. The Morgan fingerprint density at radius 1 is 1.42 bits per heavy atom. The van der Waals surface area contributed by atoms with E-state index in [0.717, 1.165) is 5.56 Å². The summed E-state index contributed by atoms with van der Waals surface area (Å²) in [6.07, 6.45) is 0.589. The highest BCUT2D eigenvalue weighted by atomic mass is 32.1. The van der Waals surface area contributed by atoms with Crippen molar-refractivity contribution in [2.75, 3.05) is 5.73 Å². The number of piperidine rings is 1. The topological polar surface area (TPSA) is 92.5 Å². The number of nitrogens with two attached hydrogens (primary N) is 1. The van der Waals surface area contributed by atoms with Crippen molar-refractivity contribution in [3.05, 3.63) is 16.5 Å². The normalized spacial score (nSPS) is 26.6. The van der Waals surface area contributed by atoms with E-state index in [-0.39, 0.29) is 18.2 Å². The van der Waals surface area contributed by atoms with Crippen LogP contribution in [0.25, 0.3) is 0 Å². The first-order valence-electron chi connectivity index (χ1n) is 5.95. The second kappa shape index (κ2) is 3.80. The van der Waals surface area contributed by atoms with Crippen LogP contribution in [0.3, 0.4) is 0 Å². The molecular formula is C12H13N3O3S. The van der Waals surface area contributed by atoms with Gasteiger partial charge < -0.3 is 10.6 Å². The van der Waals surface area contributed by atoms with Gasteiger partial charge in [-0.2, -0.15) is 0 Å². The Morgan fingerprint density at radius 3 is 2.79 bits per heavy atom. The summed E-state index contributed by atoms with van der Waals surface area (Å²) >= 11 is 1.34. The summed E-state index contributed by atoms with van der Waals surface area (Å²) in [6, 6.07) is 0. The number of nitrogen functional groups attached to an aromatic ring is 1. The predicted molar refractivity (Wildman–Crippen MR) is 69.4 cm³/mol. The number of fused-ring (bicyclic) bond motifs is 1. The molecule has 19 heavy (non-hydrogen) atoms. The van der Waals surface area contributed by atoms with Gasteiger partial charge in [-0.15, -0.1) is 11.3 Å². The quantitative estimate of drug-likeness (QED) is 0.731. The number of hydrogen-bond acceptors (Lipinski definition) is 5. The molecule has 6 nitrogen and oxygen atoms in total. The zero-order valence-corrected chi connectivity index (χ0v) is 11.2. The van der Waals surface area contributed by atoms with Gasteiger partial charge in [0.1, 0.15) is 5.54 Å². The average Bonchev–Trinajstić information content (AvgIpc) is 2.87. The molecule has 100 valence electrons. The molecule has 1 saturated heterocycles. The predicted octanol–water partition coefficient (Wildman–Crippen LogP) is 0.481. The van der Waals surface area contributed by atoms with Gasteiger partial charge in [0.25, 0.3) is 11.8 Å². The number of carbonyl (C=O) groups excluding carboxylic acids is 3. The van der Waals surface area contributed by atoms with E-state index in [1.165, 1.54) is 16.2 Å². The molecule has 3 heterocycles. The van der Waals surface area contributed by atoms with Crippen molar-refractivity contribution >= 4 is 34.1 Å². The zero-order chi connectivity index (χ0) is 13.8. The Labute approximate surface area is 113 Å². The fourth-order valence-electron chi connectivity index (χ4n) is 2.57. The first-order valence-corrected chi connectivity index (χ1v) is 6.83. The smallest absolute Gasteiger partial charge is 0.256 e. The molecule has 0 aromatic carbocycles. The van der Waals surface area contributed by atoms with Crippen LogP contribution in [0, 0.1) is 0 Å². The van der Waals surface area contributed by atoms with Gasteiger partial charge in [-0.1, -0.05) is 0 Å². The summed E-state index contributed by atoms with van der Waals surface area (Å²) in [5.74, 6) is -0.887. The highest BCUT2D eigenvalue weighted by Crippen LogP contribution is 2.38. The Bertz CT molecular complexity index is 609. The van der Waals surface area contributed by atoms with E-state index in [1.54, 1.807) is 12.3 Å². The summed E-state index contributed by atoms with van der Waals surface area (Å²) in [6.45, 7) is 2.03. The molecule has 0 aliphatic carbocycles. The molecule has 1 fully saturated rings. The van der Waals surface area contributed by atoms with Gasteiger partial charge in [-0.25, -0.2) is 0 Å². The van der Waals surface area contributed by atoms with Crippen LogP contribution in [-0.2, 0) is 16.1 Å². The SMILES string of the molecule is C[C@@]1(N2Cc3c(csc3N)C2=O)CCC(=O)NC1=O. The maximum absolute atomic E-state index is 12.4. The number of nitrogens with one attached hydrogen (secondary N) is 1. The number of carbonyl (C=O) groups is 3. The maximum Gasteiger partial charge on any atom is 0.256 e. The lowest BCUT2D eigenvalue weighted by Crippen LogP contribution is -2.61. The van der Waals surface area contributed by atoms with Crippen LogP contribution >= 0.6 is 11.3 Å². The van der Waals surface area contributed by atoms with Crippen molar-refractivity contribution in [2.24, 2.45) is 0 Å². The van der Waals surface area contributed by atoms with E-state index >= 15 is 0 Å². The molecule has 7 heteroatoms. The molecule has 1 aromatic heterocycles. The fourth-order valence-corrected chi connectivity index (χ4v) is 3.37. The van der Waals surface area contributed by atoms with Crippen LogP contribution in [-0.4, -0.2) is 28.2 Å². The van der Waals surface area contributed by atoms with E-state index in [0.29, 0.717) is 23.5 Å². The highest BCUT2D eigenvalue weighted by molar-refractivity contribution is 7.14. The Kier molecular flexibility index (Phi) is 2.43. The standard InChI is InChI=1S/C12H13N3O3S/c1-12(3-2-8(16)14-11(12)18)15-4-6-7(10(15)17)5-19-9(6)13/h5H,2-4,13H2,1H3,(H,14,16,18)/t12-/m1/s1. The molecule has 0 saturated carbocycles. The van der Waals surface area contributed by atoms with Crippen LogP contribution in [0.4, 0.5) is 5.00 Å². The number of imide groups is 1. The lowest BCUT2D eigenvalue weighted by Gasteiger charge is -2.39. The summed E-state index contributed by atoms with van der Waals surface area (Å²) in [5, 5.41) is 4.64. The summed E-state index contributed by atoms with van der Waals surface area (Å²) in [5.41, 5.74) is 6.22. The number of anilines is 1. The van der Waals surface area contributed by atoms with Crippen LogP contribution in [0.2, 0.25) is 0 Å². The van der Waals surface area contributed by atoms with Gasteiger partial charge in [0.05, 0.1) is 17.1 Å². The fraction of sp³-hybridized carbons (Fsp3) is 0.417. The third-order valence-electron chi connectivity index (χ3n) is 3.89. The van der Waals surface area contributed by atoms with Gasteiger partial charge in [0.15, 0.2) is 0 Å². The molecule has 2 aliphatic heterocycles. The van der Waals surface area contributed by atoms with Gasteiger partial charge in [-0.05, 0) is 13.3 Å². The van der Waals surface area contributed by atoms with E-state index in [4.69, 9.17) is 5.73 Å². The zero-order valence-electron chi connectivity index (χ0n) is 10.4. The van der Waals surface area contributed by atoms with Gasteiger partial charge in [0, 0.05) is 17.4 Å². The minimum absolute atomic E-state index is 0.185. The number of rotatable bonds is 1. The monoisotopic (exact) mass is 279 g/mol. The first kappa shape index (κ1) is 12.2. The molecule has 1 atom stereocenters. The lowest BCUT2D eigenvalue weighted by molar-refractivity contribution is -0.142. The van der Waals surface area contributed by atoms with Gasteiger partial charge >= 0.3 is 0 Å². The molecule has 3 N–H and O–H groups in total. The van der Waals surface area contributed by atoms with Crippen molar-refractivity contribution in [1.82, 2.24) is 10.2 Å².